The molecule has 156 valence electrons. The Morgan fingerprint density at radius 1 is 1.14 bits per heavy atom. The van der Waals surface area contributed by atoms with E-state index in [0.29, 0.717) is 18.5 Å². The molecule has 1 aromatic heterocycles. The molecule has 0 spiro atoms. The minimum Gasteiger partial charge on any atom is -0.467 e. The molecule has 0 unspecified atom stereocenters. The molecule has 10 heteroatoms. The third kappa shape index (κ3) is 5.26. The highest BCUT2D eigenvalue weighted by Gasteiger charge is 2.31. The van der Waals surface area contributed by atoms with E-state index in [2.05, 4.69) is 15.0 Å². The predicted octanol–water partition coefficient (Wildman–Crippen LogP) is 3.99. The molecule has 1 aliphatic carbocycles. The van der Waals surface area contributed by atoms with Gasteiger partial charge < -0.3 is 10.1 Å². The molecule has 3 rings (SSSR count). The number of ether oxygens (including phenoxy) is 1. The third-order valence-electron chi connectivity index (χ3n) is 4.57. The van der Waals surface area contributed by atoms with Gasteiger partial charge in [-0.1, -0.05) is 12.8 Å². The maximum Gasteiger partial charge on any atom is 0.422 e. The number of pyridine rings is 1. The van der Waals surface area contributed by atoms with Crippen LogP contribution in [0.4, 0.5) is 18.9 Å². The molecule has 29 heavy (non-hydrogen) atoms. The van der Waals surface area contributed by atoms with Gasteiger partial charge in [0.25, 0.3) is 5.91 Å². The summed E-state index contributed by atoms with van der Waals surface area (Å²) in [6.07, 6.45) is -0.286. The fourth-order valence-electron chi connectivity index (χ4n) is 3.15. The number of hydrogen-bond acceptors (Lipinski definition) is 5. The summed E-state index contributed by atoms with van der Waals surface area (Å²) in [7, 11) is -3.41. The Labute approximate surface area is 166 Å². The van der Waals surface area contributed by atoms with Gasteiger partial charge in [-0.05, 0) is 49.2 Å². The van der Waals surface area contributed by atoms with Gasteiger partial charge in [0.05, 0.1) is 10.1 Å². The molecule has 0 aliphatic heterocycles. The summed E-state index contributed by atoms with van der Waals surface area (Å²) < 4.78 is 66.9. The summed E-state index contributed by atoms with van der Waals surface area (Å²) >= 11 is 0. The fraction of sp³-hybridized carbons (Fsp3) is 0.368. The lowest BCUT2D eigenvalue weighted by Crippen LogP contribution is -2.22. The van der Waals surface area contributed by atoms with Crippen molar-refractivity contribution in [2.45, 2.75) is 42.0 Å². The first-order chi connectivity index (χ1) is 13.7. The molecular weight excluding hydrogens is 409 g/mol. The molecule has 1 aromatic carbocycles. The topological polar surface area (TPSA) is 85.4 Å². The Morgan fingerprint density at radius 2 is 1.79 bits per heavy atom. The molecule has 6 nitrogen and oxygen atoms in total. The van der Waals surface area contributed by atoms with Gasteiger partial charge in [0.1, 0.15) is 5.56 Å². The summed E-state index contributed by atoms with van der Waals surface area (Å²) in [4.78, 5) is 16.3. The smallest absolute Gasteiger partial charge is 0.422 e. The van der Waals surface area contributed by atoms with Crippen molar-refractivity contribution >= 4 is 21.4 Å². The lowest BCUT2D eigenvalue weighted by molar-refractivity contribution is -0.154. The molecular formula is C19H19F3N2O4S. The first-order valence-electron chi connectivity index (χ1n) is 8.97. The second kappa shape index (κ2) is 8.40. The second-order valence-corrected chi connectivity index (χ2v) is 8.92. The van der Waals surface area contributed by atoms with E-state index in [-0.39, 0.29) is 15.7 Å². The lowest BCUT2D eigenvalue weighted by Gasteiger charge is -2.13. The van der Waals surface area contributed by atoms with Crippen LogP contribution in [-0.4, -0.2) is 37.3 Å². The maximum atomic E-state index is 12.6. The summed E-state index contributed by atoms with van der Waals surface area (Å²) in [6.45, 7) is -1.57. The van der Waals surface area contributed by atoms with E-state index >= 15 is 0 Å². The van der Waals surface area contributed by atoms with Crippen molar-refractivity contribution in [1.29, 1.82) is 0 Å². The van der Waals surface area contributed by atoms with Gasteiger partial charge in [0, 0.05) is 11.9 Å². The highest BCUT2D eigenvalue weighted by Crippen LogP contribution is 2.30. The first-order valence-corrected chi connectivity index (χ1v) is 10.5. The van der Waals surface area contributed by atoms with Crippen molar-refractivity contribution in [2.75, 3.05) is 11.9 Å². The number of hydrogen-bond donors (Lipinski definition) is 1. The number of rotatable bonds is 6. The van der Waals surface area contributed by atoms with Crippen molar-refractivity contribution in [3.05, 3.63) is 48.2 Å². The molecule has 1 heterocycles. The van der Waals surface area contributed by atoms with E-state index < -0.39 is 34.4 Å². The number of nitrogens with zero attached hydrogens (tertiary/aromatic N) is 1. The average molecular weight is 428 g/mol. The summed E-state index contributed by atoms with van der Waals surface area (Å²) in [5, 5.41) is 2.13. The van der Waals surface area contributed by atoms with Gasteiger partial charge in [-0.15, -0.1) is 0 Å². The van der Waals surface area contributed by atoms with E-state index in [1.54, 1.807) is 0 Å². The van der Waals surface area contributed by atoms with Crippen LogP contribution < -0.4 is 10.1 Å². The number of halogens is 3. The highest BCUT2D eigenvalue weighted by molar-refractivity contribution is 7.92. The first kappa shape index (κ1) is 21.1. The van der Waals surface area contributed by atoms with Crippen LogP contribution in [0.15, 0.2) is 47.5 Å². The van der Waals surface area contributed by atoms with Gasteiger partial charge in [-0.3, -0.25) is 4.79 Å². The van der Waals surface area contributed by atoms with Crippen LogP contribution in [0.25, 0.3) is 0 Å². The molecule has 1 saturated carbocycles. The van der Waals surface area contributed by atoms with E-state index in [1.165, 1.54) is 42.6 Å². The van der Waals surface area contributed by atoms with Gasteiger partial charge in [-0.25, -0.2) is 13.4 Å². The van der Waals surface area contributed by atoms with Crippen molar-refractivity contribution in [2.24, 2.45) is 0 Å². The third-order valence-corrected chi connectivity index (χ3v) is 6.85. The van der Waals surface area contributed by atoms with E-state index in [4.69, 9.17) is 0 Å². The second-order valence-electron chi connectivity index (χ2n) is 6.69. The number of aromatic nitrogens is 1. The number of benzene rings is 1. The van der Waals surface area contributed by atoms with Crippen molar-refractivity contribution in [3.63, 3.8) is 0 Å². The van der Waals surface area contributed by atoms with Crippen LogP contribution >= 0.6 is 0 Å². The molecule has 2 aromatic rings. The fourth-order valence-corrected chi connectivity index (χ4v) is 5.00. The lowest BCUT2D eigenvalue weighted by atomic mass is 10.2. The zero-order valence-electron chi connectivity index (χ0n) is 15.3. The Morgan fingerprint density at radius 3 is 2.41 bits per heavy atom. The van der Waals surface area contributed by atoms with Crippen molar-refractivity contribution in [1.82, 2.24) is 4.98 Å². The van der Waals surface area contributed by atoms with Gasteiger partial charge in [-0.2, -0.15) is 13.2 Å². The minimum atomic E-state index is -4.56. The van der Waals surface area contributed by atoms with Crippen LogP contribution in [0.5, 0.6) is 5.88 Å². The standard InChI is InChI=1S/C19H19F3N2O4S/c20-19(21,22)12-28-18-16(6-3-11-23-18)17(25)24-13-7-9-15(10-8-13)29(26,27)14-4-1-2-5-14/h3,6-11,14H,1-2,4-5,12H2,(H,24,25). The zero-order chi connectivity index (χ0) is 21.1. The average Bonchev–Trinajstić information content (AvgIpc) is 3.22. The predicted molar refractivity (Wildman–Crippen MR) is 99.6 cm³/mol. The van der Waals surface area contributed by atoms with Gasteiger partial charge in [0.15, 0.2) is 16.4 Å². The molecule has 1 amide bonds. The van der Waals surface area contributed by atoms with Crippen LogP contribution in [0, 0.1) is 0 Å². The van der Waals surface area contributed by atoms with Crippen molar-refractivity contribution < 1.29 is 31.1 Å². The van der Waals surface area contributed by atoms with Gasteiger partial charge in [0.2, 0.25) is 5.88 Å². The van der Waals surface area contributed by atoms with Crippen LogP contribution in [0.1, 0.15) is 36.0 Å². The van der Waals surface area contributed by atoms with Crippen molar-refractivity contribution in [3.8, 4) is 5.88 Å². The Balaban J connectivity index is 1.72. The largest absolute Gasteiger partial charge is 0.467 e. The summed E-state index contributed by atoms with van der Waals surface area (Å²) in [5.41, 5.74) is 0.130. The summed E-state index contributed by atoms with van der Waals surface area (Å²) in [5.74, 6) is -1.16. The Kier molecular flexibility index (Phi) is 6.11. The monoisotopic (exact) mass is 428 g/mol. The van der Waals surface area contributed by atoms with E-state index in [1.807, 2.05) is 0 Å². The molecule has 1 N–H and O–H groups in total. The minimum absolute atomic E-state index is 0.167. The van der Waals surface area contributed by atoms with Gasteiger partial charge >= 0.3 is 6.18 Å². The molecule has 1 aliphatic rings. The Bertz CT molecular complexity index is 970. The van der Waals surface area contributed by atoms with E-state index in [9.17, 15) is 26.4 Å². The SMILES string of the molecule is O=C(Nc1ccc(S(=O)(=O)C2CCCC2)cc1)c1cccnc1OCC(F)(F)F. The molecule has 0 saturated heterocycles. The zero-order valence-corrected chi connectivity index (χ0v) is 16.1. The normalized spacial score (nSPS) is 15.3. The summed E-state index contributed by atoms with van der Waals surface area (Å²) in [6, 6.07) is 8.37. The number of nitrogens with one attached hydrogen (secondary N) is 1. The molecule has 1 fully saturated rings. The number of amides is 1. The molecule has 0 bridgehead atoms. The maximum absolute atomic E-state index is 12.6. The van der Waals surface area contributed by atoms with Crippen LogP contribution in [0.2, 0.25) is 0 Å². The van der Waals surface area contributed by atoms with E-state index in [0.717, 1.165) is 12.8 Å². The molecule has 0 radical (unpaired) electrons. The number of sulfone groups is 1. The van der Waals surface area contributed by atoms with Crippen LogP contribution in [-0.2, 0) is 9.84 Å². The molecule has 0 atom stereocenters. The number of anilines is 1. The van der Waals surface area contributed by atoms with Crippen LogP contribution in [0.3, 0.4) is 0 Å². The number of alkyl halides is 3. The Hall–Kier alpha value is -2.62. The number of carbonyl (C=O) groups is 1. The number of carbonyl (C=O) groups excluding carboxylic acids is 1. The highest BCUT2D eigenvalue weighted by atomic mass is 32.2. The quantitative estimate of drug-likeness (QED) is 0.752.